The molecule has 2 unspecified atom stereocenters. The van der Waals surface area contributed by atoms with Crippen LogP contribution in [0.2, 0.25) is 0 Å². The van der Waals surface area contributed by atoms with Crippen molar-refractivity contribution in [2.45, 2.75) is 31.8 Å². The van der Waals surface area contributed by atoms with Crippen LogP contribution in [-0.2, 0) is 6.54 Å². The first kappa shape index (κ1) is 14.8. The van der Waals surface area contributed by atoms with Crippen molar-refractivity contribution < 1.29 is 13.6 Å². The summed E-state index contributed by atoms with van der Waals surface area (Å²) in [6.07, 6.45) is 0.863. The lowest BCUT2D eigenvalue weighted by atomic mass is 9.97. The first-order chi connectivity index (χ1) is 10.6. The van der Waals surface area contributed by atoms with Crippen LogP contribution in [0.3, 0.4) is 0 Å². The van der Waals surface area contributed by atoms with E-state index in [1.165, 1.54) is 12.1 Å². The maximum atomic E-state index is 13.0. The average Bonchev–Trinajstić information content (AvgIpc) is 3.14. The van der Waals surface area contributed by atoms with Gasteiger partial charge in [-0.2, -0.15) is 0 Å². The van der Waals surface area contributed by atoms with E-state index < -0.39 is 0 Å². The quantitative estimate of drug-likeness (QED) is 0.948. The molecular weight excluding hydrogens is 283 g/mol. The lowest BCUT2D eigenvalue weighted by Gasteiger charge is -2.20. The lowest BCUT2D eigenvalue weighted by molar-refractivity contribution is 0.0711. The molecule has 5 heteroatoms. The molecule has 1 aromatic carbocycles. The predicted molar refractivity (Wildman–Crippen MR) is 80.9 cm³/mol. The summed E-state index contributed by atoms with van der Waals surface area (Å²) in [7, 11) is 0. The van der Waals surface area contributed by atoms with Crippen LogP contribution < -0.4 is 5.73 Å². The van der Waals surface area contributed by atoms with Crippen molar-refractivity contribution in [2.75, 3.05) is 6.54 Å². The number of likely N-dealkylation sites (tertiary alicyclic amines) is 1. The normalized spacial score (nSPS) is 21.3. The summed E-state index contributed by atoms with van der Waals surface area (Å²) in [5.74, 6) is 0.797. The zero-order valence-corrected chi connectivity index (χ0v) is 12.5. The minimum absolute atomic E-state index is 0.114. The molecule has 2 N–H and O–H groups in total. The number of carbonyl (C=O) groups excluding carboxylic acids is 1. The Morgan fingerprint density at radius 2 is 2.05 bits per heavy atom. The zero-order chi connectivity index (χ0) is 15.7. The fourth-order valence-electron chi connectivity index (χ4n) is 3.03. The SMILES string of the molecule is CC1CC(c2ccc(F)cc2)CN1C(=O)c1ccc(CN)o1. The summed E-state index contributed by atoms with van der Waals surface area (Å²) in [5.41, 5.74) is 6.57. The first-order valence-electron chi connectivity index (χ1n) is 7.43. The summed E-state index contributed by atoms with van der Waals surface area (Å²) in [6, 6.07) is 10.0. The third kappa shape index (κ3) is 2.76. The van der Waals surface area contributed by atoms with Gasteiger partial charge in [0.1, 0.15) is 11.6 Å². The van der Waals surface area contributed by atoms with Gasteiger partial charge in [-0.05, 0) is 43.2 Å². The Kier molecular flexibility index (Phi) is 3.98. The Labute approximate surface area is 128 Å². The highest BCUT2D eigenvalue weighted by molar-refractivity contribution is 5.92. The van der Waals surface area contributed by atoms with Crippen molar-refractivity contribution in [2.24, 2.45) is 5.73 Å². The first-order valence-corrected chi connectivity index (χ1v) is 7.43. The second-order valence-electron chi connectivity index (χ2n) is 5.76. The van der Waals surface area contributed by atoms with Crippen LogP contribution in [0.4, 0.5) is 4.39 Å². The Morgan fingerprint density at radius 3 is 2.68 bits per heavy atom. The second-order valence-corrected chi connectivity index (χ2v) is 5.76. The number of halogens is 1. The molecule has 22 heavy (non-hydrogen) atoms. The molecule has 3 rings (SSSR count). The molecule has 1 aliphatic heterocycles. The summed E-state index contributed by atoms with van der Waals surface area (Å²) in [4.78, 5) is 14.4. The van der Waals surface area contributed by atoms with E-state index in [0.29, 0.717) is 18.1 Å². The number of furan rings is 1. The molecule has 116 valence electrons. The predicted octanol–water partition coefficient (Wildman–Crippen LogP) is 2.90. The van der Waals surface area contributed by atoms with Crippen molar-refractivity contribution in [3.05, 3.63) is 59.3 Å². The van der Waals surface area contributed by atoms with Crippen molar-refractivity contribution in [1.82, 2.24) is 4.90 Å². The molecule has 1 aromatic heterocycles. The molecule has 1 saturated heterocycles. The van der Waals surface area contributed by atoms with Gasteiger partial charge in [0, 0.05) is 18.5 Å². The zero-order valence-electron chi connectivity index (χ0n) is 12.5. The van der Waals surface area contributed by atoms with Gasteiger partial charge in [0.05, 0.1) is 6.54 Å². The Balaban J connectivity index is 1.75. The number of rotatable bonds is 3. The van der Waals surface area contributed by atoms with Crippen LogP contribution in [0.5, 0.6) is 0 Å². The molecule has 2 aromatic rings. The molecule has 0 aliphatic carbocycles. The third-order valence-electron chi connectivity index (χ3n) is 4.25. The largest absolute Gasteiger partial charge is 0.455 e. The van der Waals surface area contributed by atoms with E-state index in [4.69, 9.17) is 10.2 Å². The van der Waals surface area contributed by atoms with E-state index in [9.17, 15) is 9.18 Å². The number of hydrogen-bond acceptors (Lipinski definition) is 3. The fourth-order valence-corrected chi connectivity index (χ4v) is 3.03. The number of nitrogens with two attached hydrogens (primary N) is 1. The number of amides is 1. The van der Waals surface area contributed by atoms with Crippen LogP contribution in [0.15, 0.2) is 40.8 Å². The molecule has 2 heterocycles. The molecule has 1 aliphatic rings. The molecule has 0 spiro atoms. The molecule has 1 amide bonds. The topological polar surface area (TPSA) is 59.5 Å². The van der Waals surface area contributed by atoms with Gasteiger partial charge in [0.15, 0.2) is 5.76 Å². The molecule has 0 radical (unpaired) electrons. The van der Waals surface area contributed by atoms with E-state index in [0.717, 1.165) is 12.0 Å². The molecule has 0 saturated carbocycles. The van der Waals surface area contributed by atoms with Gasteiger partial charge in [-0.3, -0.25) is 4.79 Å². The van der Waals surface area contributed by atoms with Gasteiger partial charge in [-0.15, -0.1) is 0 Å². The number of nitrogens with zero attached hydrogens (tertiary/aromatic N) is 1. The minimum atomic E-state index is -0.243. The van der Waals surface area contributed by atoms with Crippen LogP contribution in [0.25, 0.3) is 0 Å². The lowest BCUT2D eigenvalue weighted by Crippen LogP contribution is -2.33. The van der Waals surface area contributed by atoms with Crippen molar-refractivity contribution >= 4 is 5.91 Å². The van der Waals surface area contributed by atoms with Crippen LogP contribution in [0, 0.1) is 5.82 Å². The maximum Gasteiger partial charge on any atom is 0.289 e. The summed E-state index contributed by atoms with van der Waals surface area (Å²) < 4.78 is 18.5. The highest BCUT2D eigenvalue weighted by atomic mass is 19.1. The molecule has 0 bridgehead atoms. The van der Waals surface area contributed by atoms with Gasteiger partial charge in [0.25, 0.3) is 5.91 Å². The monoisotopic (exact) mass is 302 g/mol. The Bertz CT molecular complexity index is 666. The molecule has 2 atom stereocenters. The van der Waals surface area contributed by atoms with Crippen LogP contribution >= 0.6 is 0 Å². The fraction of sp³-hybridized carbons (Fsp3) is 0.353. The highest BCUT2D eigenvalue weighted by Crippen LogP contribution is 2.32. The maximum absolute atomic E-state index is 13.0. The average molecular weight is 302 g/mol. The minimum Gasteiger partial charge on any atom is -0.455 e. The standard InChI is InChI=1S/C17H19FN2O2/c1-11-8-13(12-2-4-14(18)5-3-12)10-20(11)17(21)16-7-6-15(9-19)22-16/h2-7,11,13H,8-10,19H2,1H3. The van der Waals surface area contributed by atoms with Crippen molar-refractivity contribution in [3.8, 4) is 0 Å². The van der Waals surface area contributed by atoms with E-state index in [1.807, 2.05) is 11.8 Å². The van der Waals surface area contributed by atoms with E-state index in [-0.39, 0.29) is 30.2 Å². The van der Waals surface area contributed by atoms with Crippen LogP contribution in [0.1, 0.15) is 41.1 Å². The van der Waals surface area contributed by atoms with Gasteiger partial charge in [-0.25, -0.2) is 4.39 Å². The van der Waals surface area contributed by atoms with E-state index in [1.54, 1.807) is 24.3 Å². The number of hydrogen-bond donors (Lipinski definition) is 1. The summed E-state index contributed by atoms with van der Waals surface area (Å²) >= 11 is 0. The third-order valence-corrected chi connectivity index (χ3v) is 4.25. The summed E-state index contributed by atoms with van der Waals surface area (Å²) in [6.45, 7) is 2.92. The Morgan fingerprint density at radius 1 is 1.32 bits per heavy atom. The number of carbonyl (C=O) groups is 1. The smallest absolute Gasteiger partial charge is 0.289 e. The molecule has 1 fully saturated rings. The van der Waals surface area contributed by atoms with Gasteiger partial charge >= 0.3 is 0 Å². The van der Waals surface area contributed by atoms with Gasteiger partial charge in [0.2, 0.25) is 0 Å². The van der Waals surface area contributed by atoms with Crippen molar-refractivity contribution in [1.29, 1.82) is 0 Å². The van der Waals surface area contributed by atoms with Crippen LogP contribution in [-0.4, -0.2) is 23.4 Å². The number of benzene rings is 1. The Hall–Kier alpha value is -2.14. The van der Waals surface area contributed by atoms with Gasteiger partial charge in [-0.1, -0.05) is 12.1 Å². The van der Waals surface area contributed by atoms with E-state index >= 15 is 0 Å². The van der Waals surface area contributed by atoms with E-state index in [2.05, 4.69) is 0 Å². The molecular formula is C17H19FN2O2. The van der Waals surface area contributed by atoms with Gasteiger partial charge < -0.3 is 15.1 Å². The molecule has 4 nitrogen and oxygen atoms in total. The highest BCUT2D eigenvalue weighted by Gasteiger charge is 2.34. The van der Waals surface area contributed by atoms with Crippen molar-refractivity contribution in [3.63, 3.8) is 0 Å². The second kappa shape index (κ2) is 5.93. The summed E-state index contributed by atoms with van der Waals surface area (Å²) in [5, 5.41) is 0.